The van der Waals surface area contributed by atoms with Crippen molar-refractivity contribution in [3.63, 3.8) is 0 Å². The minimum atomic E-state index is -0.682. The Morgan fingerprint density at radius 3 is 2.82 bits per heavy atom. The van der Waals surface area contributed by atoms with Crippen LogP contribution in [0.3, 0.4) is 0 Å². The molecule has 0 spiro atoms. The molecule has 3 heterocycles. The minimum absolute atomic E-state index is 0.0898. The quantitative estimate of drug-likeness (QED) is 0.703. The summed E-state index contributed by atoms with van der Waals surface area (Å²) >= 11 is 0. The van der Waals surface area contributed by atoms with Crippen molar-refractivity contribution in [3.05, 3.63) is 29.8 Å². The second kappa shape index (κ2) is 8.39. The fourth-order valence-corrected chi connectivity index (χ4v) is 4.54. The Kier molecular flexibility index (Phi) is 5.71. The van der Waals surface area contributed by atoms with Crippen LogP contribution in [-0.2, 0) is 4.79 Å². The first-order valence-corrected chi connectivity index (χ1v) is 10.2. The molecular weight excluding hydrogens is 359 g/mol. The van der Waals surface area contributed by atoms with Crippen molar-refractivity contribution in [3.8, 4) is 0 Å². The van der Waals surface area contributed by atoms with Gasteiger partial charge in [-0.15, -0.1) is 0 Å². The maximum absolute atomic E-state index is 13.6. The fourth-order valence-electron chi connectivity index (χ4n) is 4.54. The number of pyridine rings is 1. The maximum Gasteiger partial charge on any atom is 0.303 e. The van der Waals surface area contributed by atoms with Crippen LogP contribution in [0.5, 0.6) is 0 Å². The number of aromatic nitrogens is 2. The molecule has 2 aliphatic rings. The largest absolute Gasteiger partial charge is 0.481 e. The molecule has 0 amide bonds. The van der Waals surface area contributed by atoms with E-state index in [0.29, 0.717) is 23.9 Å². The summed E-state index contributed by atoms with van der Waals surface area (Å²) in [6.07, 6.45) is 10.6. The molecule has 2 aromatic rings. The summed E-state index contributed by atoms with van der Waals surface area (Å²) in [5.74, 6) is -0.0862. The van der Waals surface area contributed by atoms with Gasteiger partial charge >= 0.3 is 5.97 Å². The van der Waals surface area contributed by atoms with Gasteiger partial charge in [0.05, 0.1) is 12.4 Å². The van der Waals surface area contributed by atoms with Crippen molar-refractivity contribution in [1.82, 2.24) is 15.3 Å². The number of carboxylic acids is 1. The zero-order valence-electron chi connectivity index (χ0n) is 16.0. The minimum Gasteiger partial charge on any atom is -0.481 e. The first-order chi connectivity index (χ1) is 13.6. The van der Waals surface area contributed by atoms with Gasteiger partial charge in [-0.25, -0.2) is 9.37 Å². The molecule has 1 aliphatic heterocycles. The van der Waals surface area contributed by atoms with Gasteiger partial charge in [-0.1, -0.05) is 0 Å². The number of aromatic amines is 1. The number of fused-ring (bicyclic) bond motifs is 1. The number of aliphatic carboxylic acids is 1. The summed E-state index contributed by atoms with van der Waals surface area (Å²) in [6, 6.07) is 1.52. The number of nitrogens with zero attached hydrogens (tertiary/aromatic N) is 2. The van der Waals surface area contributed by atoms with Gasteiger partial charge in [-0.2, -0.15) is 0 Å². The molecular formula is C21H27FN4O2. The van der Waals surface area contributed by atoms with E-state index in [2.05, 4.69) is 15.3 Å². The topological polar surface area (TPSA) is 90.4 Å². The number of aliphatic imine (C=N–C) groups is 1. The summed E-state index contributed by atoms with van der Waals surface area (Å²) in [7, 11) is 0. The predicted molar refractivity (Wildman–Crippen MR) is 106 cm³/mol. The number of carboxylic acid groups (broad SMARTS) is 1. The standard InChI is InChI=1S/C21H27FN4O2/c22-15-9-16-17(12-25-21(16)24-11-15)18-2-1-3-19(26-18)23-10-14-6-4-13(5-7-14)8-20(27)28/h9,11-14,19,23H,1-8,10H2,(H,24,25)(H,27,28). The smallest absolute Gasteiger partial charge is 0.303 e. The van der Waals surface area contributed by atoms with Gasteiger partial charge in [0.15, 0.2) is 0 Å². The van der Waals surface area contributed by atoms with Gasteiger partial charge in [0.25, 0.3) is 0 Å². The monoisotopic (exact) mass is 386 g/mol. The molecule has 6 nitrogen and oxygen atoms in total. The van der Waals surface area contributed by atoms with Crippen LogP contribution in [0.15, 0.2) is 23.5 Å². The summed E-state index contributed by atoms with van der Waals surface area (Å²) < 4.78 is 13.6. The van der Waals surface area contributed by atoms with E-state index in [-0.39, 0.29) is 12.0 Å². The van der Waals surface area contributed by atoms with E-state index in [4.69, 9.17) is 10.1 Å². The number of hydrogen-bond acceptors (Lipinski definition) is 4. The van der Waals surface area contributed by atoms with Crippen LogP contribution in [-0.4, -0.2) is 39.5 Å². The Labute approximate surface area is 163 Å². The third-order valence-corrected chi connectivity index (χ3v) is 6.08. The number of H-pyrrole nitrogens is 1. The summed E-state index contributed by atoms with van der Waals surface area (Å²) in [5, 5.41) is 13.3. The van der Waals surface area contributed by atoms with Crippen LogP contribution in [0.4, 0.5) is 4.39 Å². The molecule has 28 heavy (non-hydrogen) atoms. The SMILES string of the molecule is O=C(O)CC1CCC(CNC2CCCC(c3c[nH]c4ncc(F)cc34)=N2)CC1. The predicted octanol–water partition coefficient (Wildman–Crippen LogP) is 3.87. The van der Waals surface area contributed by atoms with Gasteiger partial charge < -0.3 is 10.1 Å². The average Bonchev–Trinajstić information content (AvgIpc) is 3.10. The van der Waals surface area contributed by atoms with E-state index in [9.17, 15) is 9.18 Å². The molecule has 1 aliphatic carbocycles. The Bertz CT molecular complexity index is 870. The van der Waals surface area contributed by atoms with Crippen molar-refractivity contribution in [2.24, 2.45) is 16.8 Å². The van der Waals surface area contributed by atoms with Crippen molar-refractivity contribution < 1.29 is 14.3 Å². The molecule has 0 aromatic carbocycles. The van der Waals surface area contributed by atoms with E-state index in [1.54, 1.807) is 0 Å². The van der Waals surface area contributed by atoms with E-state index < -0.39 is 5.97 Å². The molecule has 0 radical (unpaired) electrons. The molecule has 0 saturated heterocycles. The van der Waals surface area contributed by atoms with Crippen LogP contribution in [0.1, 0.15) is 56.9 Å². The second-order valence-electron chi connectivity index (χ2n) is 8.13. The van der Waals surface area contributed by atoms with Crippen molar-refractivity contribution in [2.75, 3.05) is 6.54 Å². The Hall–Kier alpha value is -2.28. The molecule has 0 bridgehead atoms. The van der Waals surface area contributed by atoms with Gasteiger partial charge in [0, 0.05) is 29.3 Å². The average molecular weight is 386 g/mol. The third-order valence-electron chi connectivity index (χ3n) is 6.08. The zero-order valence-corrected chi connectivity index (χ0v) is 16.0. The Morgan fingerprint density at radius 2 is 2.04 bits per heavy atom. The maximum atomic E-state index is 13.6. The lowest BCUT2D eigenvalue weighted by Crippen LogP contribution is -2.36. The molecule has 2 aromatic heterocycles. The highest BCUT2D eigenvalue weighted by Gasteiger charge is 2.24. The highest BCUT2D eigenvalue weighted by Crippen LogP contribution is 2.31. The van der Waals surface area contributed by atoms with Crippen molar-refractivity contribution in [2.45, 2.75) is 57.5 Å². The molecule has 1 atom stereocenters. The van der Waals surface area contributed by atoms with E-state index in [1.165, 1.54) is 12.3 Å². The molecule has 1 unspecified atom stereocenters. The molecule has 7 heteroatoms. The van der Waals surface area contributed by atoms with Gasteiger partial charge in [0.1, 0.15) is 11.5 Å². The lowest BCUT2D eigenvalue weighted by molar-refractivity contribution is -0.138. The number of nitrogens with one attached hydrogen (secondary N) is 2. The Balaban J connectivity index is 1.36. The third kappa shape index (κ3) is 4.41. The number of carbonyl (C=O) groups is 1. The summed E-state index contributed by atoms with van der Waals surface area (Å²) in [6.45, 7) is 0.922. The van der Waals surface area contributed by atoms with Gasteiger partial charge in [-0.05, 0) is 69.4 Å². The van der Waals surface area contributed by atoms with E-state index in [0.717, 1.165) is 68.2 Å². The van der Waals surface area contributed by atoms with E-state index in [1.807, 2.05) is 6.20 Å². The zero-order chi connectivity index (χ0) is 19.5. The number of rotatable bonds is 6. The van der Waals surface area contributed by atoms with Crippen LogP contribution < -0.4 is 5.32 Å². The molecule has 150 valence electrons. The lowest BCUT2D eigenvalue weighted by Gasteiger charge is -2.29. The fraction of sp³-hybridized carbons (Fsp3) is 0.571. The Morgan fingerprint density at radius 1 is 1.25 bits per heavy atom. The van der Waals surface area contributed by atoms with Crippen LogP contribution in [0.2, 0.25) is 0 Å². The number of hydrogen-bond donors (Lipinski definition) is 3. The molecule has 3 N–H and O–H groups in total. The highest BCUT2D eigenvalue weighted by atomic mass is 19.1. The van der Waals surface area contributed by atoms with Crippen molar-refractivity contribution >= 4 is 22.7 Å². The van der Waals surface area contributed by atoms with Crippen molar-refractivity contribution in [1.29, 1.82) is 0 Å². The normalized spacial score (nSPS) is 25.6. The highest BCUT2D eigenvalue weighted by molar-refractivity contribution is 6.10. The summed E-state index contributed by atoms with van der Waals surface area (Å²) in [4.78, 5) is 23.0. The number of halogens is 1. The van der Waals surface area contributed by atoms with Gasteiger partial charge in [0.2, 0.25) is 0 Å². The van der Waals surface area contributed by atoms with Crippen LogP contribution in [0.25, 0.3) is 11.0 Å². The van der Waals surface area contributed by atoms with E-state index >= 15 is 0 Å². The van der Waals surface area contributed by atoms with Gasteiger partial charge in [-0.3, -0.25) is 15.1 Å². The molecule has 1 fully saturated rings. The first-order valence-electron chi connectivity index (χ1n) is 10.2. The second-order valence-corrected chi connectivity index (χ2v) is 8.13. The summed E-state index contributed by atoms with van der Waals surface area (Å²) in [5.41, 5.74) is 2.64. The van der Waals surface area contributed by atoms with Crippen LogP contribution >= 0.6 is 0 Å². The lowest BCUT2D eigenvalue weighted by atomic mass is 9.80. The van der Waals surface area contributed by atoms with Crippen LogP contribution in [0, 0.1) is 17.7 Å². The molecule has 1 saturated carbocycles. The molecule has 4 rings (SSSR count). The first kappa shape index (κ1) is 19.1.